The lowest BCUT2D eigenvalue weighted by Crippen LogP contribution is -2.50. The molecule has 1 amide bonds. The third-order valence-corrected chi connectivity index (χ3v) is 8.51. The number of aliphatic imine (C=N–C) groups is 1. The van der Waals surface area contributed by atoms with Crippen LogP contribution < -0.4 is 19.5 Å². The number of carbonyl (C=O) groups excluding carboxylic acids is 1. The SMILES string of the molecule is COc1cccc(CNC(=O)[C@]2(Cc3ccc(Br)cc3)N=C(c3ccc(OCCCO)cc3)O[C@@H]2c2ccccc2CN=[N+]=[N-])c1OC. The number of methoxy groups -OCH3 is 2. The topological polar surface area (TPSA) is 147 Å². The largest absolute Gasteiger partial charge is 0.494 e. The van der Waals surface area contributed by atoms with E-state index >= 15 is 0 Å². The second-order valence-electron chi connectivity index (χ2n) is 11.0. The van der Waals surface area contributed by atoms with Gasteiger partial charge in [0.1, 0.15) is 5.75 Å². The zero-order chi connectivity index (χ0) is 33.9. The Morgan fingerprint density at radius 2 is 1.77 bits per heavy atom. The van der Waals surface area contributed by atoms with Crippen LogP contribution >= 0.6 is 15.9 Å². The van der Waals surface area contributed by atoms with E-state index in [9.17, 15) is 4.79 Å². The van der Waals surface area contributed by atoms with Crippen LogP contribution in [0.3, 0.4) is 0 Å². The summed E-state index contributed by atoms with van der Waals surface area (Å²) < 4.78 is 24.4. The average molecular weight is 715 g/mol. The van der Waals surface area contributed by atoms with Crippen LogP contribution in [0.25, 0.3) is 10.4 Å². The van der Waals surface area contributed by atoms with Gasteiger partial charge in [-0.25, -0.2) is 4.99 Å². The number of rotatable bonds is 15. The molecule has 0 aromatic heterocycles. The fourth-order valence-corrected chi connectivity index (χ4v) is 5.90. The van der Waals surface area contributed by atoms with Crippen molar-refractivity contribution in [1.29, 1.82) is 0 Å². The third-order valence-electron chi connectivity index (χ3n) is 7.98. The predicted octanol–water partition coefficient (Wildman–Crippen LogP) is 6.85. The Hall–Kier alpha value is -5.03. The standard InChI is InChI=1S/C36H36BrN5O6/c1-45-31-10-5-8-27(32(31)46-2)22-39-35(44)36(21-24-11-15-28(37)16-12-24)33(30-9-4-3-7-26(30)23-40-42-38)48-34(41-36)25-13-17-29(18-14-25)47-20-6-19-43/h3-5,7-18,33,43H,6,19-23H2,1-2H3,(H,39,44)/t33-,36-/m1/s1. The number of nitrogens with one attached hydrogen (secondary N) is 1. The van der Waals surface area contributed by atoms with E-state index in [-0.39, 0.29) is 37.9 Å². The Kier molecular flexibility index (Phi) is 11.6. The summed E-state index contributed by atoms with van der Waals surface area (Å²) in [5.74, 6) is 1.62. The number of aliphatic hydroxyl groups is 1. The molecular weight excluding hydrogens is 678 g/mol. The summed E-state index contributed by atoms with van der Waals surface area (Å²) in [6, 6.07) is 27.9. The van der Waals surface area contributed by atoms with E-state index in [2.05, 4.69) is 31.3 Å². The molecule has 0 radical (unpaired) electrons. The molecule has 4 aromatic rings. The number of benzene rings is 4. The Morgan fingerprint density at radius 1 is 1.02 bits per heavy atom. The van der Waals surface area contributed by atoms with Gasteiger partial charge >= 0.3 is 0 Å². The molecule has 11 nitrogen and oxygen atoms in total. The minimum Gasteiger partial charge on any atom is -0.494 e. The number of halogens is 1. The number of azide groups is 1. The van der Waals surface area contributed by atoms with E-state index in [0.717, 1.165) is 15.6 Å². The molecule has 48 heavy (non-hydrogen) atoms. The quantitative estimate of drug-likeness (QED) is 0.0596. The molecule has 1 heterocycles. The van der Waals surface area contributed by atoms with Gasteiger partial charge in [0.2, 0.25) is 5.90 Å². The first kappa shape index (κ1) is 34.3. The lowest BCUT2D eigenvalue weighted by Gasteiger charge is -2.32. The van der Waals surface area contributed by atoms with Crippen LogP contribution in [-0.4, -0.2) is 49.9 Å². The van der Waals surface area contributed by atoms with Crippen molar-refractivity contribution >= 4 is 27.7 Å². The molecule has 0 saturated heterocycles. The van der Waals surface area contributed by atoms with Crippen LogP contribution in [0.4, 0.5) is 0 Å². The van der Waals surface area contributed by atoms with Gasteiger partial charge in [-0.1, -0.05) is 69.6 Å². The second kappa shape index (κ2) is 16.2. The molecule has 0 fully saturated rings. The number of carbonyl (C=O) groups is 1. The highest BCUT2D eigenvalue weighted by atomic mass is 79.9. The maximum absolute atomic E-state index is 14.8. The number of hydrogen-bond acceptors (Lipinski definition) is 8. The first-order valence-corrected chi connectivity index (χ1v) is 16.1. The summed E-state index contributed by atoms with van der Waals surface area (Å²) in [6.45, 7) is 0.627. The fraction of sp³-hybridized carbons (Fsp3) is 0.278. The molecule has 12 heteroatoms. The highest BCUT2D eigenvalue weighted by molar-refractivity contribution is 9.10. The van der Waals surface area contributed by atoms with Crippen molar-refractivity contribution in [2.24, 2.45) is 10.1 Å². The van der Waals surface area contributed by atoms with Crippen molar-refractivity contribution in [3.8, 4) is 17.2 Å². The number of para-hydroxylation sites is 1. The lowest BCUT2D eigenvalue weighted by atomic mass is 9.80. The summed E-state index contributed by atoms with van der Waals surface area (Å²) in [7, 11) is 3.12. The average Bonchev–Trinajstić information content (AvgIpc) is 3.51. The van der Waals surface area contributed by atoms with E-state index in [4.69, 9.17) is 34.6 Å². The van der Waals surface area contributed by atoms with Gasteiger partial charge in [-0.15, -0.1) is 0 Å². The molecule has 0 aliphatic carbocycles. The van der Waals surface area contributed by atoms with Gasteiger partial charge in [-0.2, -0.15) is 0 Å². The summed E-state index contributed by atoms with van der Waals surface area (Å²) in [5, 5.41) is 16.0. The van der Waals surface area contributed by atoms with Crippen LogP contribution in [-0.2, 0) is 29.0 Å². The highest BCUT2D eigenvalue weighted by Gasteiger charge is 2.53. The first-order chi connectivity index (χ1) is 23.4. The molecule has 0 bridgehead atoms. The molecule has 0 spiro atoms. The molecule has 2 N–H and O–H groups in total. The number of amides is 1. The number of nitrogens with zero attached hydrogens (tertiary/aromatic N) is 4. The highest BCUT2D eigenvalue weighted by Crippen LogP contribution is 2.44. The van der Waals surface area contributed by atoms with Crippen molar-refractivity contribution in [2.75, 3.05) is 27.4 Å². The maximum atomic E-state index is 14.8. The smallest absolute Gasteiger partial charge is 0.252 e. The van der Waals surface area contributed by atoms with Gasteiger partial charge in [0.05, 0.1) is 27.4 Å². The molecule has 2 atom stereocenters. The number of ether oxygens (including phenoxy) is 4. The second-order valence-corrected chi connectivity index (χ2v) is 11.9. The van der Waals surface area contributed by atoms with Crippen LogP contribution in [0.5, 0.6) is 17.2 Å². The van der Waals surface area contributed by atoms with Crippen molar-refractivity contribution in [2.45, 2.75) is 37.6 Å². The Bertz CT molecular complexity index is 1790. The molecule has 5 rings (SSSR count). The molecule has 1 aliphatic rings. The van der Waals surface area contributed by atoms with Gasteiger partial charge < -0.3 is 29.4 Å². The van der Waals surface area contributed by atoms with E-state index < -0.39 is 11.6 Å². The number of aliphatic hydroxyl groups excluding tert-OH is 1. The van der Waals surface area contributed by atoms with Crippen molar-refractivity contribution < 1.29 is 28.8 Å². The Labute approximate surface area is 287 Å². The number of hydrogen-bond donors (Lipinski definition) is 2. The van der Waals surface area contributed by atoms with Gasteiger partial charge in [0, 0.05) is 46.5 Å². The fourth-order valence-electron chi connectivity index (χ4n) is 5.64. The normalized spacial score (nSPS) is 16.7. The summed E-state index contributed by atoms with van der Waals surface area (Å²) in [5.41, 5.74) is 11.3. The van der Waals surface area contributed by atoms with Crippen LogP contribution in [0.15, 0.2) is 106 Å². The van der Waals surface area contributed by atoms with Crippen molar-refractivity contribution in [1.82, 2.24) is 5.32 Å². The molecular formula is C36H36BrN5O6. The minimum absolute atomic E-state index is 0.0401. The van der Waals surface area contributed by atoms with E-state index in [1.807, 2.05) is 72.8 Å². The van der Waals surface area contributed by atoms with Crippen molar-refractivity contribution in [3.63, 3.8) is 0 Å². The van der Waals surface area contributed by atoms with Gasteiger partial charge in [-0.3, -0.25) is 4.79 Å². The molecule has 0 saturated carbocycles. The molecule has 4 aromatic carbocycles. The summed E-state index contributed by atoms with van der Waals surface area (Å²) >= 11 is 3.51. The third kappa shape index (κ3) is 7.74. The molecule has 248 valence electrons. The lowest BCUT2D eigenvalue weighted by molar-refractivity contribution is -0.129. The zero-order valence-electron chi connectivity index (χ0n) is 26.6. The van der Waals surface area contributed by atoms with Crippen LogP contribution in [0.2, 0.25) is 0 Å². The van der Waals surface area contributed by atoms with Crippen LogP contribution in [0.1, 0.15) is 40.3 Å². The summed E-state index contributed by atoms with van der Waals surface area (Å²) in [6.07, 6.45) is -0.161. The molecule has 1 aliphatic heterocycles. The van der Waals surface area contributed by atoms with Gasteiger partial charge in [-0.05, 0) is 64.7 Å². The Balaban J connectivity index is 1.61. The maximum Gasteiger partial charge on any atom is 0.252 e. The first-order valence-electron chi connectivity index (χ1n) is 15.3. The molecule has 0 unspecified atom stereocenters. The minimum atomic E-state index is -1.47. The summed E-state index contributed by atoms with van der Waals surface area (Å²) in [4.78, 5) is 22.8. The zero-order valence-corrected chi connectivity index (χ0v) is 28.2. The van der Waals surface area contributed by atoms with E-state index in [1.165, 1.54) is 0 Å². The monoisotopic (exact) mass is 713 g/mol. The van der Waals surface area contributed by atoms with Crippen LogP contribution in [0, 0.1) is 0 Å². The Morgan fingerprint density at radius 3 is 2.48 bits per heavy atom. The van der Waals surface area contributed by atoms with E-state index in [1.54, 1.807) is 32.4 Å². The van der Waals surface area contributed by atoms with E-state index in [0.29, 0.717) is 47.0 Å². The predicted molar refractivity (Wildman–Crippen MR) is 185 cm³/mol. The van der Waals surface area contributed by atoms with Gasteiger partial charge in [0.25, 0.3) is 5.91 Å². The van der Waals surface area contributed by atoms with Crippen molar-refractivity contribution in [3.05, 3.63) is 134 Å². The van der Waals surface area contributed by atoms with Gasteiger partial charge in [0.15, 0.2) is 23.1 Å².